The van der Waals surface area contributed by atoms with Crippen LogP contribution in [0.3, 0.4) is 0 Å². The zero-order valence-electron chi connectivity index (χ0n) is 14.0. The first-order valence-corrected chi connectivity index (χ1v) is 7.95. The van der Waals surface area contributed by atoms with Crippen LogP contribution in [0.4, 0.5) is 4.39 Å². The molecule has 1 aliphatic rings. The maximum atomic E-state index is 13.5. The molecule has 0 saturated carbocycles. The van der Waals surface area contributed by atoms with E-state index in [-0.39, 0.29) is 18.7 Å². The van der Waals surface area contributed by atoms with Gasteiger partial charge in [-0.2, -0.15) is 10.2 Å². The number of aliphatic carboxylic acids is 1. The van der Waals surface area contributed by atoms with Crippen molar-refractivity contribution in [1.29, 1.82) is 0 Å². The predicted molar refractivity (Wildman–Crippen MR) is 89.0 cm³/mol. The minimum absolute atomic E-state index is 0.127. The van der Waals surface area contributed by atoms with Gasteiger partial charge in [-0.1, -0.05) is 12.1 Å². The van der Waals surface area contributed by atoms with E-state index in [0.717, 1.165) is 0 Å². The number of nitrogens with zero attached hydrogens (tertiary/aromatic N) is 2. The molecule has 132 valence electrons. The van der Waals surface area contributed by atoms with Crippen LogP contribution in [0.5, 0.6) is 0 Å². The van der Waals surface area contributed by atoms with Crippen LogP contribution in [0.1, 0.15) is 44.6 Å². The number of nitrogens with one attached hydrogen (secondary N) is 1. The summed E-state index contributed by atoms with van der Waals surface area (Å²) in [5.41, 5.74) is -1.40. The van der Waals surface area contributed by atoms with Gasteiger partial charge in [0.1, 0.15) is 5.82 Å². The Labute approximate surface area is 145 Å². The molecular formula is C18H20FN3O3. The lowest BCUT2D eigenvalue weighted by atomic mass is 9.88. The second-order valence-corrected chi connectivity index (χ2v) is 6.35. The highest BCUT2D eigenvalue weighted by molar-refractivity contribution is 5.78. The van der Waals surface area contributed by atoms with Crippen LogP contribution in [-0.2, 0) is 15.1 Å². The number of hydrogen-bond donors (Lipinski definition) is 2. The zero-order valence-corrected chi connectivity index (χ0v) is 14.0. The molecule has 2 rings (SSSR count). The molecule has 1 amide bonds. The monoisotopic (exact) mass is 345 g/mol. The molecule has 0 bridgehead atoms. The molecule has 1 aromatic rings. The van der Waals surface area contributed by atoms with Crippen LogP contribution in [0.25, 0.3) is 0 Å². The number of amides is 1. The molecule has 6 nitrogen and oxygen atoms in total. The minimum atomic E-state index is -1.21. The van der Waals surface area contributed by atoms with Crippen LogP contribution in [0.15, 0.2) is 34.5 Å². The summed E-state index contributed by atoms with van der Waals surface area (Å²) in [5, 5.41) is 19.8. The average Bonchev–Trinajstić information content (AvgIpc) is 3.31. The van der Waals surface area contributed by atoms with Crippen LogP contribution in [-0.4, -0.2) is 22.6 Å². The smallest absolute Gasteiger partial charge is 0.306 e. The number of carbonyl (C=O) groups excluding carboxylic acids is 1. The third-order valence-corrected chi connectivity index (χ3v) is 4.19. The summed E-state index contributed by atoms with van der Waals surface area (Å²) in [6.45, 7) is 1.56. The van der Waals surface area contributed by atoms with Gasteiger partial charge in [0.05, 0.1) is 12.0 Å². The number of terminal acetylenes is 1. The topological polar surface area (TPSA) is 91.1 Å². The predicted octanol–water partition coefficient (Wildman–Crippen LogP) is 2.99. The Kier molecular flexibility index (Phi) is 5.52. The Hall–Kier alpha value is -2.75. The van der Waals surface area contributed by atoms with Crippen LogP contribution >= 0.6 is 0 Å². The van der Waals surface area contributed by atoms with Gasteiger partial charge in [0, 0.05) is 25.7 Å². The first kappa shape index (κ1) is 18.6. The Bertz CT molecular complexity index is 735. The van der Waals surface area contributed by atoms with Gasteiger partial charge in [0.15, 0.2) is 5.66 Å². The molecule has 2 N–H and O–H groups in total. The van der Waals surface area contributed by atoms with Crippen molar-refractivity contribution in [3.8, 4) is 12.3 Å². The van der Waals surface area contributed by atoms with E-state index in [1.54, 1.807) is 13.0 Å². The molecule has 1 heterocycles. The standard InChI is InChI=1S/C18H20FN3O3/c1-3-4-9-18(21-22-18)10-8-15(23)20-17(2,12-16(24)25)13-6-5-7-14(19)11-13/h1,5-7,11H,4,8-10,12H2,2H3,(H,20,23)(H,24,25). The SMILES string of the molecule is C#CCCC1(CCC(=O)NC(C)(CC(=O)O)c2cccc(F)c2)N=N1. The van der Waals surface area contributed by atoms with Crippen molar-refractivity contribution >= 4 is 11.9 Å². The van der Waals surface area contributed by atoms with E-state index >= 15 is 0 Å². The Morgan fingerprint density at radius 3 is 2.68 bits per heavy atom. The van der Waals surface area contributed by atoms with Gasteiger partial charge < -0.3 is 10.4 Å². The highest BCUT2D eigenvalue weighted by atomic mass is 19.1. The molecule has 0 aliphatic carbocycles. The molecule has 1 aromatic carbocycles. The molecule has 1 atom stereocenters. The maximum absolute atomic E-state index is 13.5. The van der Waals surface area contributed by atoms with Crippen molar-refractivity contribution in [2.75, 3.05) is 0 Å². The number of benzene rings is 1. The molecule has 0 spiro atoms. The highest BCUT2D eigenvalue weighted by Crippen LogP contribution is 2.37. The van der Waals surface area contributed by atoms with Crippen molar-refractivity contribution in [2.24, 2.45) is 10.2 Å². The first-order valence-electron chi connectivity index (χ1n) is 7.95. The summed E-state index contributed by atoms with van der Waals surface area (Å²) in [7, 11) is 0. The molecule has 7 heteroatoms. The summed E-state index contributed by atoms with van der Waals surface area (Å²) in [4.78, 5) is 23.5. The molecule has 0 fully saturated rings. The fourth-order valence-electron chi connectivity index (χ4n) is 2.70. The fraction of sp³-hybridized carbons (Fsp3) is 0.444. The van der Waals surface area contributed by atoms with Gasteiger partial charge in [-0.3, -0.25) is 9.59 Å². The van der Waals surface area contributed by atoms with Gasteiger partial charge in [0.25, 0.3) is 0 Å². The summed E-state index contributed by atoms with van der Waals surface area (Å²) < 4.78 is 13.5. The van der Waals surface area contributed by atoms with Gasteiger partial charge in [0.2, 0.25) is 5.91 Å². The number of halogens is 1. The van der Waals surface area contributed by atoms with Crippen molar-refractivity contribution in [1.82, 2.24) is 5.32 Å². The summed E-state index contributed by atoms with van der Waals surface area (Å²) in [6, 6.07) is 5.56. The number of rotatable bonds is 9. The van der Waals surface area contributed by atoms with E-state index in [1.807, 2.05) is 0 Å². The quantitative estimate of drug-likeness (QED) is 0.674. The number of hydrogen-bond acceptors (Lipinski definition) is 4. The van der Waals surface area contributed by atoms with Gasteiger partial charge in [-0.25, -0.2) is 4.39 Å². The zero-order chi connectivity index (χ0) is 18.5. The molecule has 0 radical (unpaired) electrons. The first-order chi connectivity index (χ1) is 11.8. The second-order valence-electron chi connectivity index (χ2n) is 6.35. The number of carbonyl (C=O) groups is 2. The van der Waals surface area contributed by atoms with E-state index in [1.165, 1.54) is 18.2 Å². The number of carboxylic acids is 1. The normalized spacial score (nSPS) is 16.5. The van der Waals surface area contributed by atoms with E-state index < -0.39 is 23.0 Å². The highest BCUT2D eigenvalue weighted by Gasteiger charge is 2.40. The number of carboxylic acid groups (broad SMARTS) is 1. The van der Waals surface area contributed by atoms with Crippen LogP contribution in [0, 0.1) is 18.2 Å². The van der Waals surface area contributed by atoms with E-state index in [0.29, 0.717) is 24.8 Å². The van der Waals surface area contributed by atoms with Gasteiger partial charge >= 0.3 is 5.97 Å². The molecule has 0 saturated heterocycles. The Balaban J connectivity index is 2.03. The van der Waals surface area contributed by atoms with Crippen LogP contribution in [0.2, 0.25) is 0 Å². The van der Waals surface area contributed by atoms with E-state index in [4.69, 9.17) is 11.5 Å². The van der Waals surface area contributed by atoms with Crippen molar-refractivity contribution in [2.45, 2.75) is 50.2 Å². The molecule has 1 aliphatic heterocycles. The summed E-state index contributed by atoms with van der Waals surface area (Å²) in [5.74, 6) is 0.588. The fourth-order valence-corrected chi connectivity index (χ4v) is 2.70. The molecular weight excluding hydrogens is 325 g/mol. The molecule has 25 heavy (non-hydrogen) atoms. The van der Waals surface area contributed by atoms with E-state index in [9.17, 15) is 14.0 Å². The summed E-state index contributed by atoms with van der Waals surface area (Å²) in [6.07, 6.45) is 6.51. The van der Waals surface area contributed by atoms with Crippen molar-refractivity contribution in [3.05, 3.63) is 35.6 Å². The van der Waals surface area contributed by atoms with Gasteiger partial charge in [-0.15, -0.1) is 12.3 Å². The minimum Gasteiger partial charge on any atom is -0.481 e. The van der Waals surface area contributed by atoms with Crippen molar-refractivity contribution in [3.63, 3.8) is 0 Å². The third-order valence-electron chi connectivity index (χ3n) is 4.19. The average molecular weight is 345 g/mol. The van der Waals surface area contributed by atoms with E-state index in [2.05, 4.69) is 21.5 Å². The maximum Gasteiger partial charge on any atom is 0.306 e. The Morgan fingerprint density at radius 1 is 1.40 bits per heavy atom. The van der Waals surface area contributed by atoms with Crippen molar-refractivity contribution < 1.29 is 19.1 Å². The third kappa shape index (κ3) is 5.11. The largest absolute Gasteiger partial charge is 0.481 e. The van der Waals surface area contributed by atoms with Gasteiger partial charge in [-0.05, 0) is 24.6 Å². The summed E-state index contributed by atoms with van der Waals surface area (Å²) >= 11 is 0. The van der Waals surface area contributed by atoms with Crippen LogP contribution < -0.4 is 5.32 Å². The molecule has 0 aromatic heterocycles. The molecule has 1 unspecified atom stereocenters. The second kappa shape index (κ2) is 7.43. The lowest BCUT2D eigenvalue weighted by Crippen LogP contribution is -2.45. The lowest BCUT2D eigenvalue weighted by molar-refractivity contribution is -0.139. The lowest BCUT2D eigenvalue weighted by Gasteiger charge is -2.30. The Morgan fingerprint density at radius 2 is 2.12 bits per heavy atom.